The molecular formula is C12H23NO. The summed E-state index contributed by atoms with van der Waals surface area (Å²) in [6, 6.07) is 0.391. The third kappa shape index (κ3) is 2.73. The molecule has 14 heavy (non-hydrogen) atoms. The van der Waals surface area contributed by atoms with Gasteiger partial charge in [0.25, 0.3) is 0 Å². The third-order valence-electron chi connectivity index (χ3n) is 3.08. The molecule has 1 rings (SSSR count). The SMILES string of the molecule is CC(C)CC1NC(=O)CC1C(C)(C)C. The van der Waals surface area contributed by atoms with Crippen molar-refractivity contribution in [1.29, 1.82) is 0 Å². The summed E-state index contributed by atoms with van der Waals surface area (Å²) < 4.78 is 0. The van der Waals surface area contributed by atoms with Crippen molar-refractivity contribution in [3.8, 4) is 0 Å². The lowest BCUT2D eigenvalue weighted by Crippen LogP contribution is -2.35. The van der Waals surface area contributed by atoms with Gasteiger partial charge in [-0.3, -0.25) is 4.79 Å². The minimum atomic E-state index is 0.232. The highest BCUT2D eigenvalue weighted by atomic mass is 16.2. The molecule has 1 fully saturated rings. The highest BCUT2D eigenvalue weighted by Crippen LogP contribution is 2.36. The summed E-state index contributed by atoms with van der Waals surface area (Å²) in [5, 5.41) is 3.10. The molecule has 0 spiro atoms. The summed E-state index contributed by atoms with van der Waals surface area (Å²) in [5.74, 6) is 1.39. The van der Waals surface area contributed by atoms with Gasteiger partial charge in [-0.2, -0.15) is 0 Å². The number of hydrogen-bond donors (Lipinski definition) is 1. The van der Waals surface area contributed by atoms with Gasteiger partial charge in [-0.15, -0.1) is 0 Å². The molecular weight excluding hydrogens is 174 g/mol. The second kappa shape index (κ2) is 3.92. The number of amides is 1. The Morgan fingerprint density at radius 3 is 2.43 bits per heavy atom. The Bertz CT molecular complexity index is 215. The zero-order chi connectivity index (χ0) is 10.9. The van der Waals surface area contributed by atoms with Gasteiger partial charge in [-0.05, 0) is 23.7 Å². The molecule has 82 valence electrons. The highest BCUT2D eigenvalue weighted by Gasteiger charge is 2.39. The Balaban J connectivity index is 2.68. The average Bonchev–Trinajstić information content (AvgIpc) is 2.28. The van der Waals surface area contributed by atoms with Gasteiger partial charge in [-0.25, -0.2) is 0 Å². The van der Waals surface area contributed by atoms with Gasteiger partial charge >= 0.3 is 0 Å². The lowest BCUT2D eigenvalue weighted by atomic mass is 9.74. The molecule has 1 saturated heterocycles. The van der Waals surface area contributed by atoms with Crippen molar-refractivity contribution in [1.82, 2.24) is 5.32 Å². The van der Waals surface area contributed by atoms with Crippen LogP contribution in [0.3, 0.4) is 0 Å². The van der Waals surface area contributed by atoms with Crippen LogP contribution in [0.25, 0.3) is 0 Å². The first kappa shape index (κ1) is 11.5. The summed E-state index contributed by atoms with van der Waals surface area (Å²) in [6.45, 7) is 11.1. The standard InChI is InChI=1S/C12H23NO/c1-8(2)6-10-9(12(3,4)5)7-11(14)13-10/h8-10H,6-7H2,1-5H3,(H,13,14). The molecule has 1 heterocycles. The topological polar surface area (TPSA) is 29.1 Å². The van der Waals surface area contributed by atoms with Gasteiger partial charge in [0.2, 0.25) is 5.91 Å². The maximum atomic E-state index is 11.4. The van der Waals surface area contributed by atoms with E-state index in [4.69, 9.17) is 0 Å². The second-order valence-electron chi connectivity index (χ2n) is 5.98. The first-order chi connectivity index (χ1) is 6.30. The fraction of sp³-hybridized carbons (Fsp3) is 0.917. The fourth-order valence-electron chi connectivity index (χ4n) is 2.35. The van der Waals surface area contributed by atoms with Crippen LogP contribution in [0.4, 0.5) is 0 Å². The molecule has 1 aliphatic heterocycles. The van der Waals surface area contributed by atoms with Crippen LogP contribution >= 0.6 is 0 Å². The molecule has 1 amide bonds. The van der Waals surface area contributed by atoms with Gasteiger partial charge in [-0.1, -0.05) is 34.6 Å². The van der Waals surface area contributed by atoms with Crippen LogP contribution in [0.5, 0.6) is 0 Å². The van der Waals surface area contributed by atoms with Crippen molar-refractivity contribution in [3.63, 3.8) is 0 Å². The molecule has 2 heteroatoms. The second-order valence-corrected chi connectivity index (χ2v) is 5.98. The van der Waals surface area contributed by atoms with E-state index in [9.17, 15) is 4.79 Å². The molecule has 2 nitrogen and oxygen atoms in total. The minimum Gasteiger partial charge on any atom is -0.353 e. The van der Waals surface area contributed by atoms with Gasteiger partial charge < -0.3 is 5.32 Å². The lowest BCUT2D eigenvalue weighted by molar-refractivity contribution is -0.119. The van der Waals surface area contributed by atoms with E-state index >= 15 is 0 Å². The van der Waals surface area contributed by atoms with Crippen LogP contribution in [0.15, 0.2) is 0 Å². The lowest BCUT2D eigenvalue weighted by Gasteiger charge is -2.31. The highest BCUT2D eigenvalue weighted by molar-refractivity contribution is 5.79. The Morgan fingerprint density at radius 1 is 1.43 bits per heavy atom. The van der Waals surface area contributed by atoms with E-state index in [1.165, 1.54) is 0 Å². The van der Waals surface area contributed by atoms with E-state index in [0.717, 1.165) is 6.42 Å². The average molecular weight is 197 g/mol. The fourth-order valence-corrected chi connectivity index (χ4v) is 2.35. The minimum absolute atomic E-state index is 0.232. The first-order valence-electron chi connectivity index (χ1n) is 5.60. The summed E-state index contributed by atoms with van der Waals surface area (Å²) in [6.07, 6.45) is 1.81. The molecule has 0 bridgehead atoms. The Hall–Kier alpha value is -0.530. The van der Waals surface area contributed by atoms with E-state index in [1.807, 2.05) is 0 Å². The van der Waals surface area contributed by atoms with E-state index in [2.05, 4.69) is 39.9 Å². The monoisotopic (exact) mass is 197 g/mol. The van der Waals surface area contributed by atoms with Gasteiger partial charge in [0.15, 0.2) is 0 Å². The molecule has 0 radical (unpaired) electrons. The van der Waals surface area contributed by atoms with Gasteiger partial charge in [0, 0.05) is 12.5 Å². The van der Waals surface area contributed by atoms with Crippen LogP contribution in [0, 0.1) is 17.3 Å². The smallest absolute Gasteiger partial charge is 0.220 e. The van der Waals surface area contributed by atoms with Crippen molar-refractivity contribution in [2.75, 3.05) is 0 Å². The van der Waals surface area contributed by atoms with E-state index in [-0.39, 0.29) is 11.3 Å². The molecule has 0 saturated carbocycles. The van der Waals surface area contributed by atoms with Crippen molar-refractivity contribution in [3.05, 3.63) is 0 Å². The summed E-state index contributed by atoms with van der Waals surface area (Å²) in [5.41, 5.74) is 0.235. The molecule has 0 aromatic heterocycles. The summed E-state index contributed by atoms with van der Waals surface area (Å²) >= 11 is 0. The molecule has 0 aromatic carbocycles. The summed E-state index contributed by atoms with van der Waals surface area (Å²) in [7, 11) is 0. The van der Waals surface area contributed by atoms with Crippen LogP contribution in [0.1, 0.15) is 47.5 Å². The predicted octanol–water partition coefficient (Wildman–Crippen LogP) is 2.58. The zero-order valence-corrected chi connectivity index (χ0v) is 10.1. The third-order valence-corrected chi connectivity index (χ3v) is 3.08. The quantitative estimate of drug-likeness (QED) is 0.724. The normalized spacial score (nSPS) is 28.3. The molecule has 0 aliphatic carbocycles. The molecule has 2 atom stereocenters. The number of rotatable bonds is 2. The van der Waals surface area contributed by atoms with E-state index < -0.39 is 0 Å². The Morgan fingerprint density at radius 2 is 2.00 bits per heavy atom. The molecule has 0 aromatic rings. The number of carbonyl (C=O) groups is 1. The Labute approximate surface area is 87.5 Å². The van der Waals surface area contributed by atoms with Crippen molar-refractivity contribution < 1.29 is 4.79 Å². The number of carbonyl (C=O) groups excluding carboxylic acids is 1. The van der Waals surface area contributed by atoms with Crippen LogP contribution in [-0.2, 0) is 4.79 Å². The van der Waals surface area contributed by atoms with Crippen molar-refractivity contribution in [2.45, 2.75) is 53.5 Å². The predicted molar refractivity (Wildman–Crippen MR) is 58.9 cm³/mol. The van der Waals surface area contributed by atoms with Crippen molar-refractivity contribution >= 4 is 5.91 Å². The molecule has 2 unspecified atom stereocenters. The largest absolute Gasteiger partial charge is 0.353 e. The van der Waals surface area contributed by atoms with Crippen LogP contribution < -0.4 is 5.32 Å². The van der Waals surface area contributed by atoms with E-state index in [1.54, 1.807) is 0 Å². The zero-order valence-electron chi connectivity index (χ0n) is 10.1. The molecule has 1 N–H and O–H groups in total. The Kier molecular flexibility index (Phi) is 3.23. The van der Waals surface area contributed by atoms with Gasteiger partial charge in [0.1, 0.15) is 0 Å². The first-order valence-corrected chi connectivity index (χ1v) is 5.60. The van der Waals surface area contributed by atoms with E-state index in [0.29, 0.717) is 24.3 Å². The summed E-state index contributed by atoms with van der Waals surface area (Å²) in [4.78, 5) is 11.4. The van der Waals surface area contributed by atoms with Gasteiger partial charge in [0.05, 0.1) is 0 Å². The van der Waals surface area contributed by atoms with Crippen molar-refractivity contribution in [2.24, 2.45) is 17.3 Å². The number of nitrogens with one attached hydrogen (secondary N) is 1. The molecule has 1 aliphatic rings. The van der Waals surface area contributed by atoms with Crippen LogP contribution in [-0.4, -0.2) is 11.9 Å². The van der Waals surface area contributed by atoms with Crippen LogP contribution in [0.2, 0.25) is 0 Å². The number of hydrogen-bond acceptors (Lipinski definition) is 1. The maximum absolute atomic E-state index is 11.4. The maximum Gasteiger partial charge on any atom is 0.220 e.